The molecule has 2 aromatic rings. The van der Waals surface area contributed by atoms with E-state index in [0.29, 0.717) is 12.1 Å². The fourth-order valence-corrected chi connectivity index (χ4v) is 2.17. The SMILES string of the molecule is CC(C)C(O)c1ccn(Cc2cccc(C(F)(F)F)c2)c1. The van der Waals surface area contributed by atoms with Crippen LogP contribution in [0.25, 0.3) is 0 Å². The van der Waals surface area contributed by atoms with Crippen LogP contribution in [0.3, 0.4) is 0 Å². The summed E-state index contributed by atoms with van der Waals surface area (Å²) < 4.78 is 39.8. The first-order valence-electron chi connectivity index (χ1n) is 6.77. The van der Waals surface area contributed by atoms with Crippen molar-refractivity contribution >= 4 is 0 Å². The minimum atomic E-state index is -4.33. The second kappa shape index (κ2) is 5.93. The van der Waals surface area contributed by atoms with Crippen molar-refractivity contribution < 1.29 is 18.3 Å². The molecule has 0 saturated heterocycles. The lowest BCUT2D eigenvalue weighted by atomic mass is 10.0. The minimum absolute atomic E-state index is 0.0920. The molecule has 1 atom stereocenters. The molecule has 1 heterocycles. The number of hydrogen-bond acceptors (Lipinski definition) is 1. The summed E-state index contributed by atoms with van der Waals surface area (Å²) in [5, 5.41) is 9.97. The molecule has 1 unspecified atom stereocenters. The lowest BCUT2D eigenvalue weighted by molar-refractivity contribution is -0.137. The molecule has 21 heavy (non-hydrogen) atoms. The van der Waals surface area contributed by atoms with Crippen molar-refractivity contribution in [3.63, 3.8) is 0 Å². The van der Waals surface area contributed by atoms with Gasteiger partial charge in [-0.2, -0.15) is 13.2 Å². The summed E-state index contributed by atoms with van der Waals surface area (Å²) in [4.78, 5) is 0. The van der Waals surface area contributed by atoms with Crippen molar-refractivity contribution in [2.45, 2.75) is 32.7 Å². The maximum atomic E-state index is 12.7. The number of aliphatic hydroxyl groups excluding tert-OH is 1. The van der Waals surface area contributed by atoms with Crippen molar-refractivity contribution in [2.24, 2.45) is 5.92 Å². The summed E-state index contributed by atoms with van der Waals surface area (Å²) in [6, 6.07) is 7.07. The van der Waals surface area contributed by atoms with E-state index in [1.807, 2.05) is 13.8 Å². The third kappa shape index (κ3) is 3.88. The molecule has 1 aromatic carbocycles. The third-order valence-corrected chi connectivity index (χ3v) is 3.37. The normalized spacial score (nSPS) is 13.7. The lowest BCUT2D eigenvalue weighted by Crippen LogP contribution is -2.06. The monoisotopic (exact) mass is 297 g/mol. The van der Waals surface area contributed by atoms with Crippen LogP contribution in [0.4, 0.5) is 13.2 Å². The lowest BCUT2D eigenvalue weighted by Gasteiger charge is -2.12. The highest BCUT2D eigenvalue weighted by Crippen LogP contribution is 2.29. The predicted octanol–water partition coefficient (Wildman–Crippen LogP) is 4.24. The standard InChI is InChI=1S/C16H18F3NO/c1-11(2)15(21)13-6-7-20(10-13)9-12-4-3-5-14(8-12)16(17,18)19/h3-8,10-11,15,21H,9H2,1-2H3. The summed E-state index contributed by atoms with van der Waals surface area (Å²) in [5.41, 5.74) is 0.706. The number of aliphatic hydroxyl groups is 1. The summed E-state index contributed by atoms with van der Waals surface area (Å²) in [6.45, 7) is 4.17. The second-order valence-electron chi connectivity index (χ2n) is 5.50. The molecule has 2 nitrogen and oxygen atoms in total. The Morgan fingerprint density at radius 1 is 1.19 bits per heavy atom. The van der Waals surface area contributed by atoms with E-state index in [1.54, 1.807) is 29.1 Å². The number of rotatable bonds is 4. The van der Waals surface area contributed by atoms with Gasteiger partial charge in [0.05, 0.1) is 11.7 Å². The molecule has 1 aromatic heterocycles. The largest absolute Gasteiger partial charge is 0.416 e. The van der Waals surface area contributed by atoms with Gasteiger partial charge in [-0.3, -0.25) is 0 Å². The van der Waals surface area contributed by atoms with Crippen LogP contribution < -0.4 is 0 Å². The molecule has 0 saturated carbocycles. The Morgan fingerprint density at radius 2 is 1.90 bits per heavy atom. The maximum Gasteiger partial charge on any atom is 0.416 e. The van der Waals surface area contributed by atoms with E-state index in [1.165, 1.54) is 6.07 Å². The highest BCUT2D eigenvalue weighted by atomic mass is 19.4. The van der Waals surface area contributed by atoms with Crippen LogP contribution in [-0.2, 0) is 12.7 Å². The average Bonchev–Trinajstić information content (AvgIpc) is 2.85. The van der Waals surface area contributed by atoms with Gasteiger partial charge in [0.1, 0.15) is 0 Å². The minimum Gasteiger partial charge on any atom is -0.388 e. The van der Waals surface area contributed by atoms with Gasteiger partial charge < -0.3 is 9.67 Å². The van der Waals surface area contributed by atoms with Crippen molar-refractivity contribution in [1.82, 2.24) is 4.57 Å². The van der Waals surface area contributed by atoms with Gasteiger partial charge in [0.15, 0.2) is 0 Å². The maximum absolute atomic E-state index is 12.7. The van der Waals surface area contributed by atoms with Gasteiger partial charge in [-0.15, -0.1) is 0 Å². The Labute approximate surface area is 121 Å². The van der Waals surface area contributed by atoms with Gasteiger partial charge in [-0.1, -0.05) is 26.0 Å². The van der Waals surface area contributed by atoms with Gasteiger partial charge in [-0.05, 0) is 35.2 Å². The fraction of sp³-hybridized carbons (Fsp3) is 0.375. The highest BCUT2D eigenvalue weighted by molar-refractivity contribution is 5.26. The molecular formula is C16H18F3NO. The van der Waals surface area contributed by atoms with E-state index in [0.717, 1.165) is 17.7 Å². The highest BCUT2D eigenvalue weighted by Gasteiger charge is 2.30. The van der Waals surface area contributed by atoms with Crippen LogP contribution in [0.2, 0.25) is 0 Å². The molecule has 0 amide bonds. The zero-order valence-corrected chi connectivity index (χ0v) is 11.9. The van der Waals surface area contributed by atoms with Crippen molar-refractivity contribution in [3.05, 3.63) is 59.4 Å². The van der Waals surface area contributed by atoms with E-state index >= 15 is 0 Å². The number of benzene rings is 1. The molecule has 0 radical (unpaired) electrons. The molecule has 1 N–H and O–H groups in total. The Kier molecular flexibility index (Phi) is 4.42. The molecule has 0 aliphatic heterocycles. The molecule has 0 spiro atoms. The molecule has 5 heteroatoms. The number of aromatic nitrogens is 1. The van der Waals surface area contributed by atoms with Crippen molar-refractivity contribution in [3.8, 4) is 0 Å². The third-order valence-electron chi connectivity index (χ3n) is 3.37. The molecule has 114 valence electrons. The Morgan fingerprint density at radius 3 is 2.52 bits per heavy atom. The van der Waals surface area contributed by atoms with Crippen LogP contribution >= 0.6 is 0 Å². The van der Waals surface area contributed by atoms with Crippen molar-refractivity contribution in [2.75, 3.05) is 0 Å². The van der Waals surface area contributed by atoms with E-state index in [2.05, 4.69) is 0 Å². The van der Waals surface area contributed by atoms with Gasteiger partial charge in [0.2, 0.25) is 0 Å². The average molecular weight is 297 g/mol. The van der Waals surface area contributed by atoms with E-state index in [9.17, 15) is 18.3 Å². The number of alkyl halides is 3. The first-order valence-corrected chi connectivity index (χ1v) is 6.77. The topological polar surface area (TPSA) is 25.2 Å². The summed E-state index contributed by atoms with van der Waals surface area (Å²) >= 11 is 0. The molecule has 0 aliphatic carbocycles. The quantitative estimate of drug-likeness (QED) is 0.897. The number of halogens is 3. The zero-order chi connectivity index (χ0) is 15.6. The van der Waals surface area contributed by atoms with E-state index in [-0.39, 0.29) is 5.92 Å². The van der Waals surface area contributed by atoms with E-state index in [4.69, 9.17) is 0 Å². The smallest absolute Gasteiger partial charge is 0.388 e. The summed E-state index contributed by atoms with van der Waals surface area (Å²) in [5.74, 6) is 0.0920. The first kappa shape index (κ1) is 15.6. The molecule has 0 bridgehead atoms. The number of hydrogen-bond donors (Lipinski definition) is 1. The Hall–Kier alpha value is -1.75. The van der Waals surface area contributed by atoms with Crippen LogP contribution in [0.15, 0.2) is 42.7 Å². The van der Waals surface area contributed by atoms with Gasteiger partial charge in [0.25, 0.3) is 0 Å². The summed E-state index contributed by atoms with van der Waals surface area (Å²) in [6.07, 6.45) is -1.36. The molecular weight excluding hydrogens is 279 g/mol. The second-order valence-corrected chi connectivity index (χ2v) is 5.50. The molecule has 0 aliphatic rings. The molecule has 0 fully saturated rings. The van der Waals surface area contributed by atoms with Gasteiger partial charge in [0, 0.05) is 18.9 Å². The van der Waals surface area contributed by atoms with Gasteiger partial charge >= 0.3 is 6.18 Å². The Bertz CT molecular complexity index is 602. The fourth-order valence-electron chi connectivity index (χ4n) is 2.17. The van der Waals surface area contributed by atoms with E-state index < -0.39 is 17.8 Å². The number of nitrogens with zero attached hydrogens (tertiary/aromatic N) is 1. The van der Waals surface area contributed by atoms with Crippen LogP contribution in [0.5, 0.6) is 0 Å². The van der Waals surface area contributed by atoms with Crippen molar-refractivity contribution in [1.29, 1.82) is 0 Å². The van der Waals surface area contributed by atoms with Crippen LogP contribution in [-0.4, -0.2) is 9.67 Å². The first-order chi connectivity index (χ1) is 9.77. The summed E-state index contributed by atoms with van der Waals surface area (Å²) in [7, 11) is 0. The zero-order valence-electron chi connectivity index (χ0n) is 11.9. The van der Waals surface area contributed by atoms with Gasteiger partial charge in [-0.25, -0.2) is 0 Å². The predicted molar refractivity (Wildman–Crippen MR) is 74.8 cm³/mol. The van der Waals surface area contributed by atoms with Crippen LogP contribution in [0, 0.1) is 5.92 Å². The van der Waals surface area contributed by atoms with Crippen LogP contribution in [0.1, 0.15) is 36.6 Å². The Balaban J connectivity index is 2.16. The molecule has 2 rings (SSSR count).